The van der Waals surface area contributed by atoms with Gasteiger partial charge in [-0.1, -0.05) is 13.0 Å². The third-order valence-electron chi connectivity index (χ3n) is 2.62. The number of nitrogens with one attached hydrogen (secondary N) is 1. The molecule has 0 saturated heterocycles. The zero-order valence-corrected chi connectivity index (χ0v) is 11.4. The number of hydrogen-bond donors (Lipinski definition) is 1. The Morgan fingerprint density at radius 2 is 2.25 bits per heavy atom. The molecule has 2 nitrogen and oxygen atoms in total. The molecule has 2 aromatic rings. The Hall–Kier alpha value is -0.870. The summed E-state index contributed by atoms with van der Waals surface area (Å²) in [5.74, 6) is 0. The van der Waals surface area contributed by atoms with Crippen LogP contribution in [0, 0.1) is 13.8 Å². The lowest BCUT2D eigenvalue weighted by Crippen LogP contribution is -2.07. The molecule has 0 radical (unpaired) electrons. The number of thiazole rings is 1. The van der Waals surface area contributed by atoms with Gasteiger partial charge < -0.3 is 5.32 Å². The van der Waals surface area contributed by atoms with Crippen molar-refractivity contribution in [3.63, 3.8) is 0 Å². The molecule has 0 aliphatic carbocycles. The van der Waals surface area contributed by atoms with Crippen LogP contribution in [0.4, 0.5) is 5.13 Å². The van der Waals surface area contributed by atoms with Gasteiger partial charge in [-0.05, 0) is 31.7 Å². The molecule has 0 aliphatic rings. The molecule has 2 rings (SSSR count). The van der Waals surface area contributed by atoms with E-state index in [-0.39, 0.29) is 0 Å². The predicted molar refractivity (Wildman–Crippen MR) is 72.6 cm³/mol. The van der Waals surface area contributed by atoms with Crippen molar-refractivity contribution in [2.24, 2.45) is 0 Å². The Balaban J connectivity index is 2.13. The van der Waals surface area contributed by atoms with Crippen molar-refractivity contribution in [3.8, 4) is 0 Å². The molecular weight excluding hydrogens is 236 g/mol. The van der Waals surface area contributed by atoms with Gasteiger partial charge >= 0.3 is 0 Å². The van der Waals surface area contributed by atoms with Gasteiger partial charge in [0, 0.05) is 9.75 Å². The zero-order chi connectivity index (χ0) is 11.5. The summed E-state index contributed by atoms with van der Waals surface area (Å²) >= 11 is 3.54. The maximum absolute atomic E-state index is 4.52. The Bertz CT molecular complexity index is 426. The van der Waals surface area contributed by atoms with Crippen molar-refractivity contribution in [2.75, 3.05) is 5.32 Å². The van der Waals surface area contributed by atoms with Crippen LogP contribution in [0.1, 0.15) is 34.8 Å². The molecule has 0 fully saturated rings. The molecule has 0 amide bonds. The van der Waals surface area contributed by atoms with Gasteiger partial charge in [-0.15, -0.1) is 22.7 Å². The SMILES string of the molecule is CCC(Nc1nc(C)c(C)s1)c1cccs1. The molecule has 2 heterocycles. The minimum atomic E-state index is 0.393. The topological polar surface area (TPSA) is 24.9 Å². The molecule has 1 N–H and O–H groups in total. The number of nitrogens with zero attached hydrogens (tertiary/aromatic N) is 1. The number of rotatable bonds is 4. The van der Waals surface area contributed by atoms with E-state index in [9.17, 15) is 0 Å². The van der Waals surface area contributed by atoms with E-state index >= 15 is 0 Å². The lowest BCUT2D eigenvalue weighted by molar-refractivity contribution is 0.762. The molecule has 86 valence electrons. The first-order valence-electron chi connectivity index (χ1n) is 5.44. The quantitative estimate of drug-likeness (QED) is 0.873. The van der Waals surface area contributed by atoms with Crippen molar-refractivity contribution in [2.45, 2.75) is 33.2 Å². The van der Waals surface area contributed by atoms with Crippen LogP contribution >= 0.6 is 22.7 Å². The summed E-state index contributed by atoms with van der Waals surface area (Å²) in [5.41, 5.74) is 1.13. The molecular formula is C12H16N2S2. The van der Waals surface area contributed by atoms with Gasteiger partial charge in [0.2, 0.25) is 0 Å². The van der Waals surface area contributed by atoms with E-state index in [4.69, 9.17) is 0 Å². The van der Waals surface area contributed by atoms with Crippen molar-refractivity contribution in [3.05, 3.63) is 33.0 Å². The summed E-state index contributed by atoms with van der Waals surface area (Å²) in [4.78, 5) is 7.20. The summed E-state index contributed by atoms with van der Waals surface area (Å²) in [6, 6.07) is 4.67. The monoisotopic (exact) mass is 252 g/mol. The average Bonchev–Trinajstić information content (AvgIpc) is 2.86. The number of thiophene rings is 1. The highest BCUT2D eigenvalue weighted by molar-refractivity contribution is 7.15. The lowest BCUT2D eigenvalue weighted by atomic mass is 10.2. The summed E-state index contributed by atoms with van der Waals surface area (Å²) < 4.78 is 0. The van der Waals surface area contributed by atoms with Gasteiger partial charge in [-0.3, -0.25) is 0 Å². The number of hydrogen-bond acceptors (Lipinski definition) is 4. The van der Waals surface area contributed by atoms with Crippen LogP contribution in [-0.2, 0) is 0 Å². The van der Waals surface area contributed by atoms with Gasteiger partial charge in [0.15, 0.2) is 5.13 Å². The number of aryl methyl sites for hydroxylation is 2. The molecule has 2 aromatic heterocycles. The standard InChI is InChI=1S/C12H16N2S2/c1-4-10(11-6-5-7-15-11)14-12-13-8(2)9(3)16-12/h5-7,10H,4H2,1-3H3,(H,13,14). The van der Waals surface area contributed by atoms with E-state index in [0.717, 1.165) is 17.2 Å². The van der Waals surface area contributed by atoms with Crippen LogP contribution in [0.3, 0.4) is 0 Å². The second kappa shape index (κ2) is 4.97. The van der Waals surface area contributed by atoms with Crippen molar-refractivity contribution in [1.82, 2.24) is 4.98 Å². The van der Waals surface area contributed by atoms with Gasteiger partial charge in [0.05, 0.1) is 11.7 Å². The second-order valence-electron chi connectivity index (χ2n) is 3.78. The predicted octanol–water partition coefficient (Wildman–Crippen LogP) is 4.38. The van der Waals surface area contributed by atoms with E-state index in [2.05, 4.69) is 48.6 Å². The number of aromatic nitrogens is 1. The zero-order valence-electron chi connectivity index (χ0n) is 9.78. The van der Waals surface area contributed by atoms with Gasteiger partial charge in [-0.25, -0.2) is 4.98 Å². The smallest absolute Gasteiger partial charge is 0.183 e. The lowest BCUT2D eigenvalue weighted by Gasteiger charge is -2.14. The first-order valence-corrected chi connectivity index (χ1v) is 7.14. The normalized spacial score (nSPS) is 12.7. The second-order valence-corrected chi connectivity index (χ2v) is 5.96. The average molecular weight is 252 g/mol. The van der Waals surface area contributed by atoms with E-state index < -0.39 is 0 Å². The third kappa shape index (κ3) is 2.44. The van der Waals surface area contributed by atoms with Crippen LogP contribution in [0.2, 0.25) is 0 Å². The first kappa shape index (κ1) is 11.6. The van der Waals surface area contributed by atoms with Gasteiger partial charge in [-0.2, -0.15) is 0 Å². The highest BCUT2D eigenvalue weighted by Crippen LogP contribution is 2.29. The molecule has 16 heavy (non-hydrogen) atoms. The maximum atomic E-state index is 4.52. The van der Waals surface area contributed by atoms with E-state index in [1.54, 1.807) is 22.7 Å². The highest BCUT2D eigenvalue weighted by atomic mass is 32.1. The van der Waals surface area contributed by atoms with Crippen LogP contribution in [0.5, 0.6) is 0 Å². The highest BCUT2D eigenvalue weighted by Gasteiger charge is 2.12. The maximum Gasteiger partial charge on any atom is 0.183 e. The Labute approximate surface area is 104 Å². The van der Waals surface area contributed by atoms with Crippen LogP contribution < -0.4 is 5.32 Å². The molecule has 0 aliphatic heterocycles. The van der Waals surface area contributed by atoms with E-state index in [1.165, 1.54) is 9.75 Å². The Kier molecular flexibility index (Phi) is 3.61. The molecule has 0 saturated carbocycles. The Morgan fingerprint density at radius 1 is 1.44 bits per heavy atom. The first-order chi connectivity index (χ1) is 7.70. The molecule has 0 spiro atoms. The summed E-state index contributed by atoms with van der Waals surface area (Å²) in [7, 11) is 0. The van der Waals surface area contributed by atoms with Crippen LogP contribution in [0.15, 0.2) is 17.5 Å². The van der Waals surface area contributed by atoms with E-state index in [1.807, 2.05) is 0 Å². The van der Waals surface area contributed by atoms with Crippen LogP contribution in [-0.4, -0.2) is 4.98 Å². The minimum Gasteiger partial charge on any atom is -0.354 e. The van der Waals surface area contributed by atoms with Crippen LogP contribution in [0.25, 0.3) is 0 Å². The van der Waals surface area contributed by atoms with Crippen molar-refractivity contribution in [1.29, 1.82) is 0 Å². The largest absolute Gasteiger partial charge is 0.354 e. The Morgan fingerprint density at radius 3 is 2.75 bits per heavy atom. The molecule has 1 unspecified atom stereocenters. The molecule has 1 atom stereocenters. The minimum absolute atomic E-state index is 0.393. The summed E-state index contributed by atoms with van der Waals surface area (Å²) in [6.45, 7) is 6.37. The third-order valence-corrected chi connectivity index (χ3v) is 4.61. The summed E-state index contributed by atoms with van der Waals surface area (Å²) in [6.07, 6.45) is 1.08. The van der Waals surface area contributed by atoms with Gasteiger partial charge in [0.1, 0.15) is 0 Å². The van der Waals surface area contributed by atoms with E-state index in [0.29, 0.717) is 6.04 Å². The number of anilines is 1. The molecule has 4 heteroatoms. The molecule has 0 aromatic carbocycles. The fourth-order valence-electron chi connectivity index (χ4n) is 1.55. The van der Waals surface area contributed by atoms with Gasteiger partial charge in [0.25, 0.3) is 0 Å². The van der Waals surface area contributed by atoms with Crippen molar-refractivity contribution < 1.29 is 0 Å². The molecule has 0 bridgehead atoms. The fourth-order valence-corrected chi connectivity index (χ4v) is 3.28. The fraction of sp³-hybridized carbons (Fsp3) is 0.417. The summed E-state index contributed by atoms with van der Waals surface area (Å²) in [5, 5.41) is 6.67. The van der Waals surface area contributed by atoms with Crippen molar-refractivity contribution >= 4 is 27.8 Å².